The molecular formula is C11H19O3. The van der Waals surface area contributed by atoms with Gasteiger partial charge in [-0.05, 0) is 0 Å². The quantitative estimate of drug-likeness (QED) is 0.639. The van der Waals surface area contributed by atoms with E-state index in [4.69, 9.17) is 0 Å². The van der Waals surface area contributed by atoms with Gasteiger partial charge in [0.25, 0.3) is 0 Å². The molecule has 0 saturated heterocycles. The summed E-state index contributed by atoms with van der Waals surface area (Å²) in [5.41, 5.74) is -1.49. The fraction of sp³-hybridized carbons (Fsp3) is 0.818. The highest BCUT2D eigenvalue weighted by atomic mass is 16.3. The zero-order valence-corrected chi connectivity index (χ0v) is 9.80. The van der Waals surface area contributed by atoms with E-state index in [0.29, 0.717) is 0 Å². The minimum atomic E-state index is -1.74. The molecule has 0 amide bonds. The van der Waals surface area contributed by atoms with Crippen LogP contribution in [0.1, 0.15) is 41.5 Å². The summed E-state index contributed by atoms with van der Waals surface area (Å²) in [6.45, 7) is 9.89. The molecule has 14 heavy (non-hydrogen) atoms. The molecule has 0 bridgehead atoms. The van der Waals surface area contributed by atoms with Crippen molar-refractivity contribution in [2.75, 3.05) is 0 Å². The fourth-order valence-electron chi connectivity index (χ4n) is 0.906. The Morgan fingerprint density at radius 2 is 1.00 bits per heavy atom. The molecule has 3 heteroatoms. The van der Waals surface area contributed by atoms with Gasteiger partial charge in [-0.2, -0.15) is 0 Å². The predicted molar refractivity (Wildman–Crippen MR) is 53.4 cm³/mol. The monoisotopic (exact) mass is 199 g/mol. The number of ketones is 2. The van der Waals surface area contributed by atoms with Crippen LogP contribution in [0.15, 0.2) is 0 Å². The van der Waals surface area contributed by atoms with E-state index in [1.54, 1.807) is 41.5 Å². The van der Waals surface area contributed by atoms with Gasteiger partial charge in [-0.3, -0.25) is 9.59 Å². The second-order valence-corrected chi connectivity index (χ2v) is 5.61. The zero-order chi connectivity index (χ0) is 11.7. The summed E-state index contributed by atoms with van der Waals surface area (Å²) < 4.78 is 0. The van der Waals surface area contributed by atoms with Crippen LogP contribution in [0.3, 0.4) is 0 Å². The van der Waals surface area contributed by atoms with Gasteiger partial charge in [0.1, 0.15) is 0 Å². The van der Waals surface area contributed by atoms with Crippen LogP contribution in [0.5, 0.6) is 0 Å². The summed E-state index contributed by atoms with van der Waals surface area (Å²) in [6.07, 6.45) is -1.74. The van der Waals surface area contributed by atoms with Gasteiger partial charge in [-0.25, -0.2) is 5.11 Å². The molecule has 0 aliphatic rings. The topological polar surface area (TPSA) is 54.0 Å². The Morgan fingerprint density at radius 1 is 0.786 bits per heavy atom. The number of carbonyl (C=O) groups is 2. The van der Waals surface area contributed by atoms with Crippen molar-refractivity contribution in [1.29, 1.82) is 0 Å². The van der Waals surface area contributed by atoms with Gasteiger partial charge in [0.05, 0.1) is 0 Å². The molecular weight excluding hydrogens is 180 g/mol. The Morgan fingerprint density at radius 3 is 1.14 bits per heavy atom. The summed E-state index contributed by atoms with van der Waals surface area (Å²) in [4.78, 5) is 23.0. The van der Waals surface area contributed by atoms with Gasteiger partial charge in [-0.1, -0.05) is 41.5 Å². The lowest BCUT2D eigenvalue weighted by Gasteiger charge is -2.23. The first-order valence-corrected chi connectivity index (χ1v) is 4.72. The van der Waals surface area contributed by atoms with Gasteiger partial charge >= 0.3 is 0 Å². The van der Waals surface area contributed by atoms with Gasteiger partial charge in [0.2, 0.25) is 6.10 Å². The van der Waals surface area contributed by atoms with Crippen LogP contribution in [0, 0.1) is 10.8 Å². The van der Waals surface area contributed by atoms with Crippen molar-refractivity contribution < 1.29 is 14.7 Å². The maximum absolute atomic E-state index is 11.5. The SMILES string of the molecule is CC(C)(C)C(=O)C([O])C(=O)C(C)(C)C. The van der Waals surface area contributed by atoms with Crippen molar-refractivity contribution in [3.63, 3.8) is 0 Å². The fourth-order valence-corrected chi connectivity index (χ4v) is 0.906. The first kappa shape index (κ1) is 13.3. The van der Waals surface area contributed by atoms with Crippen LogP contribution in [0.4, 0.5) is 0 Å². The highest BCUT2D eigenvalue weighted by Crippen LogP contribution is 2.23. The van der Waals surface area contributed by atoms with E-state index in [0.717, 1.165) is 0 Å². The second kappa shape index (κ2) is 3.81. The minimum Gasteiger partial charge on any atom is -0.296 e. The van der Waals surface area contributed by atoms with Crippen LogP contribution >= 0.6 is 0 Å². The highest BCUT2D eigenvalue weighted by molar-refractivity contribution is 6.08. The molecule has 0 spiro atoms. The summed E-state index contributed by atoms with van der Waals surface area (Å²) in [7, 11) is 0. The highest BCUT2D eigenvalue weighted by Gasteiger charge is 2.39. The lowest BCUT2D eigenvalue weighted by molar-refractivity contribution is -0.151. The Labute approximate surface area is 85.5 Å². The summed E-state index contributed by atoms with van der Waals surface area (Å²) >= 11 is 0. The molecule has 0 heterocycles. The molecule has 0 aromatic heterocycles. The van der Waals surface area contributed by atoms with E-state index in [1.165, 1.54) is 0 Å². The molecule has 0 fully saturated rings. The average Bonchev–Trinajstić information content (AvgIpc) is 1.97. The molecule has 1 radical (unpaired) electrons. The number of rotatable bonds is 2. The van der Waals surface area contributed by atoms with E-state index in [-0.39, 0.29) is 0 Å². The predicted octanol–water partition coefficient (Wildman–Crippen LogP) is 2.02. The Kier molecular flexibility index (Phi) is 3.62. The van der Waals surface area contributed by atoms with Crippen LogP contribution < -0.4 is 0 Å². The average molecular weight is 199 g/mol. The first-order valence-electron chi connectivity index (χ1n) is 4.72. The van der Waals surface area contributed by atoms with Crippen LogP contribution in [-0.2, 0) is 14.7 Å². The zero-order valence-electron chi connectivity index (χ0n) is 9.80. The standard InChI is InChI=1S/C11H19O3/c1-10(2,3)8(13)7(12)9(14)11(4,5)6/h7H,1-6H3. The molecule has 0 aromatic rings. The maximum Gasteiger partial charge on any atom is 0.210 e. The summed E-state index contributed by atoms with van der Waals surface area (Å²) in [5, 5.41) is 11.5. The molecule has 0 aliphatic carbocycles. The third kappa shape index (κ3) is 3.22. The Bertz CT molecular complexity index is 214. The largest absolute Gasteiger partial charge is 0.296 e. The van der Waals surface area contributed by atoms with Crippen LogP contribution in [-0.4, -0.2) is 17.7 Å². The molecule has 0 rings (SSSR count). The molecule has 3 nitrogen and oxygen atoms in total. The first-order chi connectivity index (χ1) is 5.98. The molecule has 0 aromatic carbocycles. The Balaban J connectivity index is 4.74. The Hall–Kier alpha value is -0.700. The third-order valence-electron chi connectivity index (χ3n) is 1.95. The van der Waals surface area contributed by atoms with E-state index in [1.807, 2.05) is 0 Å². The smallest absolute Gasteiger partial charge is 0.210 e. The number of hydrogen-bond acceptors (Lipinski definition) is 2. The van der Waals surface area contributed by atoms with Crippen molar-refractivity contribution in [2.24, 2.45) is 10.8 Å². The summed E-state index contributed by atoms with van der Waals surface area (Å²) in [6, 6.07) is 0. The molecule has 81 valence electrons. The van der Waals surface area contributed by atoms with Crippen molar-refractivity contribution in [2.45, 2.75) is 47.6 Å². The normalized spacial score (nSPS) is 13.1. The van der Waals surface area contributed by atoms with E-state index in [2.05, 4.69) is 0 Å². The van der Waals surface area contributed by atoms with Crippen LogP contribution in [0.25, 0.3) is 0 Å². The molecule has 0 N–H and O–H groups in total. The molecule has 0 unspecified atom stereocenters. The van der Waals surface area contributed by atoms with E-state index in [9.17, 15) is 14.7 Å². The van der Waals surface area contributed by atoms with Crippen molar-refractivity contribution in [3.05, 3.63) is 0 Å². The van der Waals surface area contributed by atoms with Gasteiger partial charge in [0, 0.05) is 10.8 Å². The maximum atomic E-state index is 11.5. The molecule has 0 atom stereocenters. The molecule has 0 aliphatic heterocycles. The van der Waals surface area contributed by atoms with E-state index < -0.39 is 28.5 Å². The second-order valence-electron chi connectivity index (χ2n) is 5.61. The molecule has 0 saturated carbocycles. The van der Waals surface area contributed by atoms with Crippen molar-refractivity contribution in [3.8, 4) is 0 Å². The van der Waals surface area contributed by atoms with Crippen molar-refractivity contribution in [1.82, 2.24) is 0 Å². The number of hydrogen-bond donors (Lipinski definition) is 0. The van der Waals surface area contributed by atoms with Gasteiger partial charge in [0.15, 0.2) is 11.6 Å². The lowest BCUT2D eigenvalue weighted by atomic mass is 9.80. The van der Waals surface area contributed by atoms with Gasteiger partial charge < -0.3 is 0 Å². The summed E-state index contributed by atoms with van der Waals surface area (Å²) in [5.74, 6) is -1.06. The number of Topliss-reactive ketones (excluding diaryl/α,β-unsaturated/α-hetero) is 2. The van der Waals surface area contributed by atoms with E-state index >= 15 is 0 Å². The minimum absolute atomic E-state index is 0.530. The van der Waals surface area contributed by atoms with Gasteiger partial charge in [-0.15, -0.1) is 0 Å². The lowest BCUT2D eigenvalue weighted by Crippen LogP contribution is -2.42. The third-order valence-corrected chi connectivity index (χ3v) is 1.95. The number of carbonyl (C=O) groups excluding carboxylic acids is 2. The van der Waals surface area contributed by atoms with Crippen molar-refractivity contribution >= 4 is 11.6 Å². The van der Waals surface area contributed by atoms with Crippen LogP contribution in [0.2, 0.25) is 0 Å².